The van der Waals surface area contributed by atoms with Gasteiger partial charge in [0.05, 0.1) is 13.2 Å². The zero-order chi connectivity index (χ0) is 13.4. The largest absolute Gasteiger partial charge is 0.394 e. The molecule has 5 heteroatoms. The second-order valence-corrected chi connectivity index (χ2v) is 5.03. The van der Waals surface area contributed by atoms with Gasteiger partial charge in [0.1, 0.15) is 0 Å². The molecule has 0 bridgehead atoms. The molecule has 1 aliphatic heterocycles. The first-order chi connectivity index (χ1) is 8.67. The minimum absolute atomic E-state index is 0.0996. The van der Waals surface area contributed by atoms with Crippen molar-refractivity contribution in [1.29, 1.82) is 0 Å². The Morgan fingerprint density at radius 2 is 2.06 bits per heavy atom. The lowest BCUT2D eigenvalue weighted by Crippen LogP contribution is -2.49. The number of hydrogen-bond donors (Lipinski definition) is 3. The molecule has 0 atom stereocenters. The van der Waals surface area contributed by atoms with Gasteiger partial charge in [0.25, 0.3) is 0 Å². The number of likely N-dealkylation sites (tertiary alicyclic amines) is 1. The van der Waals surface area contributed by atoms with Gasteiger partial charge in [-0.25, -0.2) is 0 Å². The topological polar surface area (TPSA) is 59.9 Å². The summed E-state index contributed by atoms with van der Waals surface area (Å²) in [6, 6.07) is 1.14. The number of nitrogens with zero attached hydrogens (tertiary/aromatic N) is 2. The number of rotatable bonds is 5. The molecule has 0 aromatic rings. The highest BCUT2D eigenvalue weighted by atomic mass is 16.3. The molecule has 0 aliphatic carbocycles. The van der Waals surface area contributed by atoms with Gasteiger partial charge in [-0.05, 0) is 33.6 Å². The lowest BCUT2D eigenvalue weighted by atomic mass is 10.0. The second kappa shape index (κ2) is 8.32. The summed E-state index contributed by atoms with van der Waals surface area (Å²) in [4.78, 5) is 6.82. The Bertz CT molecular complexity index is 247. The van der Waals surface area contributed by atoms with Crippen LogP contribution in [0.3, 0.4) is 0 Å². The zero-order valence-corrected chi connectivity index (χ0v) is 11.9. The van der Waals surface area contributed by atoms with Crippen LogP contribution in [0.1, 0.15) is 33.6 Å². The quantitative estimate of drug-likeness (QED) is 0.492. The van der Waals surface area contributed by atoms with E-state index in [0.29, 0.717) is 18.6 Å². The molecule has 0 saturated carbocycles. The van der Waals surface area contributed by atoms with Gasteiger partial charge in [-0.3, -0.25) is 4.99 Å². The molecule has 0 spiro atoms. The molecule has 18 heavy (non-hydrogen) atoms. The van der Waals surface area contributed by atoms with Gasteiger partial charge in [-0.2, -0.15) is 0 Å². The third kappa shape index (κ3) is 5.23. The van der Waals surface area contributed by atoms with Crippen molar-refractivity contribution in [3.05, 3.63) is 0 Å². The molecule has 0 amide bonds. The molecule has 0 aromatic carbocycles. The van der Waals surface area contributed by atoms with Crippen molar-refractivity contribution in [3.63, 3.8) is 0 Å². The summed E-state index contributed by atoms with van der Waals surface area (Å²) in [5, 5.41) is 15.5. The van der Waals surface area contributed by atoms with Gasteiger partial charge >= 0.3 is 0 Å². The van der Waals surface area contributed by atoms with Gasteiger partial charge in [-0.15, -0.1) is 0 Å². The average molecular weight is 256 g/mol. The summed E-state index contributed by atoms with van der Waals surface area (Å²) in [6.07, 6.45) is 2.31. The van der Waals surface area contributed by atoms with E-state index in [4.69, 9.17) is 5.11 Å². The van der Waals surface area contributed by atoms with E-state index >= 15 is 0 Å². The maximum Gasteiger partial charge on any atom is 0.191 e. The molecule has 1 rings (SSSR count). The van der Waals surface area contributed by atoms with Crippen molar-refractivity contribution in [2.24, 2.45) is 4.99 Å². The summed E-state index contributed by atoms with van der Waals surface area (Å²) in [7, 11) is 0. The molecule has 1 heterocycles. The maximum absolute atomic E-state index is 8.82. The number of piperidine rings is 1. The van der Waals surface area contributed by atoms with Crippen molar-refractivity contribution in [3.8, 4) is 0 Å². The Morgan fingerprint density at radius 3 is 2.56 bits per heavy atom. The number of hydrogen-bond acceptors (Lipinski definition) is 3. The number of nitrogens with one attached hydrogen (secondary N) is 2. The molecule has 1 aliphatic rings. The molecule has 0 radical (unpaired) electrons. The van der Waals surface area contributed by atoms with Crippen molar-refractivity contribution in [2.45, 2.75) is 45.7 Å². The number of aliphatic hydroxyl groups is 1. The van der Waals surface area contributed by atoms with Crippen LogP contribution in [0.25, 0.3) is 0 Å². The van der Waals surface area contributed by atoms with Crippen molar-refractivity contribution >= 4 is 5.96 Å². The summed E-state index contributed by atoms with van der Waals surface area (Å²) in [6.45, 7) is 10.3. The number of guanidine groups is 1. The highest BCUT2D eigenvalue weighted by Gasteiger charge is 2.21. The summed E-state index contributed by atoms with van der Waals surface area (Å²) in [5.74, 6) is 0.828. The third-order valence-electron chi connectivity index (χ3n) is 3.31. The molecular weight excluding hydrogens is 228 g/mol. The minimum atomic E-state index is 0.0996. The fourth-order valence-electron chi connectivity index (χ4n) is 2.24. The molecule has 0 aromatic heterocycles. The standard InChI is InChI=1S/C13H28N4O/c1-4-14-13(15-7-10-18)16-12-5-8-17(9-6-12)11(2)3/h11-12,18H,4-10H2,1-3H3,(H2,14,15,16). The maximum atomic E-state index is 8.82. The molecule has 5 nitrogen and oxygen atoms in total. The van der Waals surface area contributed by atoms with Crippen LogP contribution in [0.2, 0.25) is 0 Å². The lowest BCUT2D eigenvalue weighted by Gasteiger charge is -2.35. The first kappa shape index (κ1) is 15.2. The number of aliphatic hydroxyl groups excluding tert-OH is 1. The molecule has 1 fully saturated rings. The van der Waals surface area contributed by atoms with Crippen LogP contribution in [0.4, 0.5) is 0 Å². The Morgan fingerprint density at radius 1 is 1.39 bits per heavy atom. The van der Waals surface area contributed by atoms with Gasteiger partial charge < -0.3 is 20.6 Å². The Hall–Kier alpha value is -0.810. The highest BCUT2D eigenvalue weighted by molar-refractivity contribution is 5.80. The van der Waals surface area contributed by atoms with Crippen LogP contribution in [0.15, 0.2) is 4.99 Å². The number of aliphatic imine (C=N–C) groups is 1. The summed E-state index contributed by atoms with van der Waals surface area (Å²) >= 11 is 0. The predicted molar refractivity (Wildman–Crippen MR) is 75.9 cm³/mol. The normalized spacial score (nSPS) is 19.3. The van der Waals surface area contributed by atoms with E-state index in [1.54, 1.807) is 0 Å². The van der Waals surface area contributed by atoms with E-state index in [-0.39, 0.29) is 6.61 Å². The first-order valence-corrected chi connectivity index (χ1v) is 7.07. The van der Waals surface area contributed by atoms with Crippen LogP contribution >= 0.6 is 0 Å². The van der Waals surface area contributed by atoms with E-state index < -0.39 is 0 Å². The minimum Gasteiger partial charge on any atom is -0.394 e. The Balaban J connectivity index is 2.37. The molecule has 0 unspecified atom stereocenters. The summed E-state index contributed by atoms with van der Waals surface area (Å²) in [5.41, 5.74) is 0. The fraction of sp³-hybridized carbons (Fsp3) is 0.923. The Kier molecular flexibility index (Phi) is 7.05. The van der Waals surface area contributed by atoms with Crippen LogP contribution in [0.5, 0.6) is 0 Å². The fourth-order valence-corrected chi connectivity index (χ4v) is 2.24. The van der Waals surface area contributed by atoms with Crippen LogP contribution in [-0.4, -0.2) is 60.8 Å². The second-order valence-electron chi connectivity index (χ2n) is 5.03. The van der Waals surface area contributed by atoms with Gasteiger partial charge in [0, 0.05) is 31.7 Å². The van der Waals surface area contributed by atoms with E-state index in [9.17, 15) is 0 Å². The van der Waals surface area contributed by atoms with E-state index in [0.717, 1.165) is 38.4 Å². The van der Waals surface area contributed by atoms with Crippen molar-refractivity contribution < 1.29 is 5.11 Å². The summed E-state index contributed by atoms with van der Waals surface area (Å²) < 4.78 is 0. The van der Waals surface area contributed by atoms with E-state index in [1.807, 2.05) is 0 Å². The first-order valence-electron chi connectivity index (χ1n) is 7.07. The van der Waals surface area contributed by atoms with Crippen molar-refractivity contribution in [1.82, 2.24) is 15.5 Å². The lowest BCUT2D eigenvalue weighted by molar-refractivity contribution is 0.167. The Labute approximate surface area is 111 Å². The smallest absolute Gasteiger partial charge is 0.191 e. The zero-order valence-electron chi connectivity index (χ0n) is 11.9. The van der Waals surface area contributed by atoms with Crippen LogP contribution < -0.4 is 10.6 Å². The van der Waals surface area contributed by atoms with Crippen molar-refractivity contribution in [2.75, 3.05) is 32.8 Å². The van der Waals surface area contributed by atoms with Gasteiger partial charge in [-0.1, -0.05) is 0 Å². The average Bonchev–Trinajstić information content (AvgIpc) is 2.37. The predicted octanol–water partition coefficient (Wildman–Crippen LogP) is 0.407. The van der Waals surface area contributed by atoms with Gasteiger partial charge in [0.2, 0.25) is 0 Å². The molecule has 1 saturated heterocycles. The van der Waals surface area contributed by atoms with E-state index in [2.05, 4.69) is 41.3 Å². The monoisotopic (exact) mass is 256 g/mol. The van der Waals surface area contributed by atoms with Gasteiger partial charge in [0.15, 0.2) is 5.96 Å². The third-order valence-corrected chi connectivity index (χ3v) is 3.31. The van der Waals surface area contributed by atoms with Crippen LogP contribution in [-0.2, 0) is 0 Å². The van der Waals surface area contributed by atoms with E-state index in [1.165, 1.54) is 0 Å². The molecule has 3 N–H and O–H groups in total. The molecule has 106 valence electrons. The van der Waals surface area contributed by atoms with Crippen LogP contribution in [0, 0.1) is 0 Å². The highest BCUT2D eigenvalue weighted by Crippen LogP contribution is 2.12. The molecular formula is C13H28N4O. The SMILES string of the molecule is CCNC(=NCCO)NC1CCN(C(C)C)CC1.